The molecule has 0 amide bonds. The van der Waals surface area contributed by atoms with Gasteiger partial charge in [-0.25, -0.2) is 0 Å². The van der Waals surface area contributed by atoms with E-state index in [9.17, 15) is 0 Å². The quantitative estimate of drug-likeness (QED) is 0.614. The standard InChI is InChI=1S/C13H16.C2H6/c1-3-5-9-13-11-7-6-10-12(13)8-4-2;1-2/h3-4,6-7,10-11H,1-2,5,8-9H2;1-2H3. The fourth-order valence-corrected chi connectivity index (χ4v) is 1.41. The number of allylic oxidation sites excluding steroid dienone is 2. The van der Waals surface area contributed by atoms with Crippen LogP contribution in [-0.2, 0) is 12.8 Å². The Balaban J connectivity index is 0.000000921. The van der Waals surface area contributed by atoms with Crippen LogP contribution >= 0.6 is 0 Å². The fourth-order valence-electron chi connectivity index (χ4n) is 1.41. The van der Waals surface area contributed by atoms with Crippen LogP contribution in [0.1, 0.15) is 31.4 Å². The Morgan fingerprint density at radius 2 is 1.60 bits per heavy atom. The summed E-state index contributed by atoms with van der Waals surface area (Å²) in [6, 6.07) is 8.52. The molecular weight excluding hydrogens is 180 g/mol. The van der Waals surface area contributed by atoms with Crippen molar-refractivity contribution in [1.82, 2.24) is 0 Å². The van der Waals surface area contributed by atoms with Crippen molar-refractivity contribution in [2.45, 2.75) is 33.1 Å². The zero-order valence-electron chi connectivity index (χ0n) is 10.00. The molecule has 0 aliphatic rings. The summed E-state index contributed by atoms with van der Waals surface area (Å²) < 4.78 is 0. The predicted molar refractivity (Wildman–Crippen MR) is 70.2 cm³/mol. The second-order valence-corrected chi connectivity index (χ2v) is 3.09. The first-order valence-electron chi connectivity index (χ1n) is 5.67. The van der Waals surface area contributed by atoms with Crippen LogP contribution in [-0.4, -0.2) is 0 Å². The minimum absolute atomic E-state index is 0.966. The van der Waals surface area contributed by atoms with E-state index >= 15 is 0 Å². The Kier molecular flexibility index (Phi) is 8.46. The third kappa shape index (κ3) is 5.21. The van der Waals surface area contributed by atoms with E-state index in [0.717, 1.165) is 19.3 Å². The molecule has 1 rings (SSSR count). The summed E-state index contributed by atoms with van der Waals surface area (Å²) in [5, 5.41) is 0. The van der Waals surface area contributed by atoms with Crippen LogP contribution in [0.5, 0.6) is 0 Å². The summed E-state index contributed by atoms with van der Waals surface area (Å²) in [7, 11) is 0. The molecule has 0 aromatic heterocycles. The van der Waals surface area contributed by atoms with Crippen molar-refractivity contribution in [3.05, 3.63) is 60.7 Å². The largest absolute Gasteiger partial charge is 0.103 e. The van der Waals surface area contributed by atoms with Crippen molar-refractivity contribution in [2.24, 2.45) is 0 Å². The highest BCUT2D eigenvalue weighted by molar-refractivity contribution is 5.29. The zero-order chi connectivity index (χ0) is 11.5. The van der Waals surface area contributed by atoms with Crippen molar-refractivity contribution in [3.63, 3.8) is 0 Å². The average Bonchev–Trinajstić information content (AvgIpc) is 2.31. The maximum Gasteiger partial charge on any atom is -0.00974 e. The molecule has 1 aromatic carbocycles. The lowest BCUT2D eigenvalue weighted by Crippen LogP contribution is -1.91. The van der Waals surface area contributed by atoms with Crippen LogP contribution in [0, 0.1) is 0 Å². The second kappa shape index (κ2) is 9.26. The Morgan fingerprint density at radius 1 is 1.00 bits per heavy atom. The first-order chi connectivity index (χ1) is 7.38. The molecule has 15 heavy (non-hydrogen) atoms. The van der Waals surface area contributed by atoms with Gasteiger partial charge >= 0.3 is 0 Å². The molecule has 0 fully saturated rings. The molecule has 0 saturated heterocycles. The molecule has 0 N–H and O–H groups in total. The average molecular weight is 202 g/mol. The molecule has 0 aliphatic heterocycles. The molecule has 0 spiro atoms. The highest BCUT2D eigenvalue weighted by Gasteiger charge is 1.97. The van der Waals surface area contributed by atoms with E-state index < -0.39 is 0 Å². The molecule has 0 heteroatoms. The van der Waals surface area contributed by atoms with Gasteiger partial charge in [0.2, 0.25) is 0 Å². The van der Waals surface area contributed by atoms with Crippen LogP contribution in [0.4, 0.5) is 0 Å². The van der Waals surface area contributed by atoms with Gasteiger partial charge in [0.1, 0.15) is 0 Å². The molecule has 0 bridgehead atoms. The van der Waals surface area contributed by atoms with Crippen LogP contribution in [0.25, 0.3) is 0 Å². The predicted octanol–water partition coefficient (Wildman–Crippen LogP) is 4.56. The summed E-state index contributed by atoms with van der Waals surface area (Å²) >= 11 is 0. The molecule has 0 unspecified atom stereocenters. The lowest BCUT2D eigenvalue weighted by atomic mass is 10.0. The topological polar surface area (TPSA) is 0 Å². The molecule has 0 saturated carbocycles. The van der Waals surface area contributed by atoms with Gasteiger partial charge in [-0.1, -0.05) is 50.3 Å². The van der Waals surface area contributed by atoms with E-state index in [1.807, 2.05) is 26.0 Å². The van der Waals surface area contributed by atoms with Crippen LogP contribution in [0.15, 0.2) is 49.6 Å². The van der Waals surface area contributed by atoms with Crippen LogP contribution in [0.3, 0.4) is 0 Å². The summed E-state index contributed by atoms with van der Waals surface area (Å²) in [4.78, 5) is 0. The van der Waals surface area contributed by atoms with Gasteiger partial charge in [-0.2, -0.15) is 0 Å². The van der Waals surface area contributed by atoms with E-state index in [-0.39, 0.29) is 0 Å². The lowest BCUT2D eigenvalue weighted by molar-refractivity contribution is 0.978. The van der Waals surface area contributed by atoms with Gasteiger partial charge in [0.15, 0.2) is 0 Å². The van der Waals surface area contributed by atoms with Crippen molar-refractivity contribution in [3.8, 4) is 0 Å². The first-order valence-corrected chi connectivity index (χ1v) is 5.67. The maximum absolute atomic E-state index is 3.76. The normalized spacial score (nSPS) is 8.67. The van der Waals surface area contributed by atoms with Gasteiger partial charge in [0.05, 0.1) is 0 Å². The number of rotatable bonds is 5. The summed E-state index contributed by atoms with van der Waals surface area (Å²) in [5.41, 5.74) is 2.81. The summed E-state index contributed by atoms with van der Waals surface area (Å²) in [6.45, 7) is 11.5. The van der Waals surface area contributed by atoms with Crippen molar-refractivity contribution < 1.29 is 0 Å². The number of hydrogen-bond donors (Lipinski definition) is 0. The highest BCUT2D eigenvalue weighted by atomic mass is 14.0. The van der Waals surface area contributed by atoms with Crippen LogP contribution < -0.4 is 0 Å². The number of aryl methyl sites for hydroxylation is 1. The third-order valence-electron chi connectivity index (χ3n) is 2.10. The highest BCUT2D eigenvalue weighted by Crippen LogP contribution is 2.12. The monoisotopic (exact) mass is 202 g/mol. The SMILES string of the molecule is C=CCCc1ccccc1CC=C.CC. The van der Waals surface area contributed by atoms with Gasteiger partial charge in [0.25, 0.3) is 0 Å². The lowest BCUT2D eigenvalue weighted by Gasteiger charge is -2.05. The van der Waals surface area contributed by atoms with Gasteiger partial charge in [-0.15, -0.1) is 13.2 Å². The van der Waals surface area contributed by atoms with E-state index in [2.05, 4.69) is 37.4 Å². The molecule has 82 valence electrons. The van der Waals surface area contributed by atoms with Gasteiger partial charge in [-0.05, 0) is 30.4 Å². The number of benzene rings is 1. The Labute approximate surface area is 94.3 Å². The maximum atomic E-state index is 3.76. The minimum atomic E-state index is 0.966. The molecule has 0 aliphatic carbocycles. The Bertz CT molecular complexity index is 284. The molecule has 1 aromatic rings. The molecule has 0 heterocycles. The fraction of sp³-hybridized carbons (Fsp3) is 0.333. The van der Waals surface area contributed by atoms with Gasteiger partial charge < -0.3 is 0 Å². The summed E-state index contributed by atoms with van der Waals surface area (Å²) in [6.07, 6.45) is 7.02. The van der Waals surface area contributed by atoms with Gasteiger partial charge in [0, 0.05) is 0 Å². The summed E-state index contributed by atoms with van der Waals surface area (Å²) in [5.74, 6) is 0. The van der Waals surface area contributed by atoms with E-state index in [4.69, 9.17) is 0 Å². The van der Waals surface area contributed by atoms with Crippen molar-refractivity contribution >= 4 is 0 Å². The van der Waals surface area contributed by atoms with E-state index in [1.165, 1.54) is 11.1 Å². The number of hydrogen-bond acceptors (Lipinski definition) is 0. The first kappa shape index (κ1) is 13.7. The Hall–Kier alpha value is -1.30. The van der Waals surface area contributed by atoms with Crippen molar-refractivity contribution in [2.75, 3.05) is 0 Å². The van der Waals surface area contributed by atoms with E-state index in [1.54, 1.807) is 0 Å². The Morgan fingerprint density at radius 3 is 2.13 bits per heavy atom. The minimum Gasteiger partial charge on any atom is -0.103 e. The molecule has 0 atom stereocenters. The van der Waals surface area contributed by atoms with Crippen LogP contribution in [0.2, 0.25) is 0 Å². The van der Waals surface area contributed by atoms with E-state index in [0.29, 0.717) is 0 Å². The zero-order valence-corrected chi connectivity index (χ0v) is 10.00. The smallest absolute Gasteiger partial charge is 0.00974 e. The van der Waals surface area contributed by atoms with Gasteiger partial charge in [-0.3, -0.25) is 0 Å². The second-order valence-electron chi connectivity index (χ2n) is 3.09. The molecule has 0 nitrogen and oxygen atoms in total. The molecule has 0 radical (unpaired) electrons. The molecular formula is C15H22. The third-order valence-corrected chi connectivity index (χ3v) is 2.10. The van der Waals surface area contributed by atoms with Crippen molar-refractivity contribution in [1.29, 1.82) is 0 Å².